The molecule has 0 amide bonds. The van der Waals surface area contributed by atoms with Gasteiger partial charge in [-0.2, -0.15) is 5.10 Å². The predicted molar refractivity (Wildman–Crippen MR) is 85.5 cm³/mol. The maximum Gasteiger partial charge on any atom is 0.119 e. The summed E-state index contributed by atoms with van der Waals surface area (Å²) in [6.07, 6.45) is 5.21. The molecule has 1 aromatic carbocycles. The van der Waals surface area contributed by atoms with Crippen molar-refractivity contribution in [1.29, 1.82) is 0 Å². The van der Waals surface area contributed by atoms with Gasteiger partial charge in [-0.15, -0.1) is 0 Å². The van der Waals surface area contributed by atoms with Crippen molar-refractivity contribution in [3.05, 3.63) is 47.8 Å². The van der Waals surface area contributed by atoms with Crippen molar-refractivity contribution >= 4 is 0 Å². The van der Waals surface area contributed by atoms with Crippen LogP contribution in [0.1, 0.15) is 31.0 Å². The molecule has 1 heterocycles. The Hall–Kier alpha value is -1.81. The first-order chi connectivity index (χ1) is 10.3. The first-order valence-corrected chi connectivity index (χ1v) is 7.69. The number of benzene rings is 1. The highest BCUT2D eigenvalue weighted by molar-refractivity contribution is 5.27. The zero-order chi connectivity index (χ0) is 14.9. The highest BCUT2D eigenvalue weighted by Gasteiger charge is 1.98. The third kappa shape index (κ3) is 5.60. The van der Waals surface area contributed by atoms with Gasteiger partial charge in [0.25, 0.3) is 0 Å². The standard InChI is InChI=1S/C17H25N3O/c1-3-4-13-21-17-7-5-15(6-8-17)14-18-11-9-16-10-12-20(2)19-16/h5-8,10,12,18H,3-4,9,11,13-14H2,1-2H3. The van der Waals surface area contributed by atoms with Crippen LogP contribution >= 0.6 is 0 Å². The first kappa shape index (κ1) is 15.6. The smallest absolute Gasteiger partial charge is 0.119 e. The second-order valence-electron chi connectivity index (χ2n) is 5.25. The van der Waals surface area contributed by atoms with Gasteiger partial charge in [0.2, 0.25) is 0 Å². The topological polar surface area (TPSA) is 39.1 Å². The minimum atomic E-state index is 0.804. The fourth-order valence-electron chi connectivity index (χ4n) is 2.08. The van der Waals surface area contributed by atoms with Gasteiger partial charge >= 0.3 is 0 Å². The molecule has 0 spiro atoms. The Morgan fingerprint density at radius 1 is 1.19 bits per heavy atom. The zero-order valence-corrected chi connectivity index (χ0v) is 13.0. The number of unbranched alkanes of at least 4 members (excludes halogenated alkanes) is 1. The van der Waals surface area contributed by atoms with Crippen molar-refractivity contribution in [2.75, 3.05) is 13.2 Å². The number of rotatable bonds is 9. The molecule has 4 nitrogen and oxygen atoms in total. The fourth-order valence-corrected chi connectivity index (χ4v) is 2.08. The number of ether oxygens (including phenoxy) is 1. The van der Waals surface area contributed by atoms with E-state index >= 15 is 0 Å². The molecule has 1 aromatic heterocycles. The van der Waals surface area contributed by atoms with Gasteiger partial charge in [0.1, 0.15) is 5.75 Å². The van der Waals surface area contributed by atoms with E-state index in [1.54, 1.807) is 0 Å². The van der Waals surface area contributed by atoms with E-state index in [4.69, 9.17) is 4.74 Å². The van der Waals surface area contributed by atoms with Gasteiger partial charge in [0.15, 0.2) is 0 Å². The highest BCUT2D eigenvalue weighted by Crippen LogP contribution is 2.12. The summed E-state index contributed by atoms with van der Waals surface area (Å²) < 4.78 is 7.50. The summed E-state index contributed by atoms with van der Waals surface area (Å²) in [5, 5.41) is 7.80. The zero-order valence-electron chi connectivity index (χ0n) is 13.0. The molecular weight excluding hydrogens is 262 g/mol. The molecule has 0 saturated carbocycles. The van der Waals surface area contributed by atoms with E-state index in [1.165, 1.54) is 5.56 Å². The van der Waals surface area contributed by atoms with Crippen LogP contribution in [0.25, 0.3) is 0 Å². The Morgan fingerprint density at radius 3 is 2.67 bits per heavy atom. The average molecular weight is 287 g/mol. The summed E-state index contributed by atoms with van der Waals surface area (Å²) in [4.78, 5) is 0. The molecule has 0 aliphatic carbocycles. The van der Waals surface area contributed by atoms with E-state index in [1.807, 2.05) is 30.1 Å². The van der Waals surface area contributed by atoms with Gasteiger partial charge in [-0.3, -0.25) is 4.68 Å². The lowest BCUT2D eigenvalue weighted by Crippen LogP contribution is -2.16. The first-order valence-electron chi connectivity index (χ1n) is 7.69. The monoisotopic (exact) mass is 287 g/mol. The van der Waals surface area contributed by atoms with E-state index in [-0.39, 0.29) is 0 Å². The van der Waals surface area contributed by atoms with Gasteiger partial charge in [0.05, 0.1) is 12.3 Å². The molecule has 1 N–H and O–H groups in total. The quantitative estimate of drug-likeness (QED) is 0.721. The SMILES string of the molecule is CCCCOc1ccc(CNCCc2ccn(C)n2)cc1. The Labute approximate surface area is 127 Å². The summed E-state index contributed by atoms with van der Waals surface area (Å²) in [6.45, 7) is 4.79. The van der Waals surface area contributed by atoms with Crippen LogP contribution in [0, 0.1) is 0 Å². The summed E-state index contributed by atoms with van der Waals surface area (Å²) in [7, 11) is 1.95. The van der Waals surface area contributed by atoms with Crippen molar-refractivity contribution in [3.8, 4) is 5.75 Å². The number of nitrogens with zero attached hydrogens (tertiary/aromatic N) is 2. The molecule has 0 atom stereocenters. The average Bonchev–Trinajstić information content (AvgIpc) is 2.91. The van der Waals surface area contributed by atoms with E-state index in [9.17, 15) is 0 Å². The van der Waals surface area contributed by atoms with Gasteiger partial charge in [-0.1, -0.05) is 25.5 Å². The van der Waals surface area contributed by atoms with Crippen LogP contribution in [0.3, 0.4) is 0 Å². The molecule has 2 aromatic rings. The summed E-state index contributed by atoms with van der Waals surface area (Å²) >= 11 is 0. The molecule has 0 bridgehead atoms. The summed E-state index contributed by atoms with van der Waals surface area (Å²) in [6, 6.07) is 10.4. The van der Waals surface area contributed by atoms with Crippen molar-refractivity contribution in [2.24, 2.45) is 7.05 Å². The van der Waals surface area contributed by atoms with Crippen molar-refractivity contribution in [3.63, 3.8) is 0 Å². The predicted octanol–water partition coefficient (Wildman–Crippen LogP) is 2.93. The van der Waals surface area contributed by atoms with E-state index in [0.29, 0.717) is 0 Å². The largest absolute Gasteiger partial charge is 0.494 e. The Kier molecular flexibility index (Phi) is 6.28. The second kappa shape index (κ2) is 8.47. The van der Waals surface area contributed by atoms with Crippen LogP contribution in [0.15, 0.2) is 36.5 Å². The molecule has 0 aliphatic heterocycles. The number of aryl methyl sites for hydroxylation is 1. The molecule has 0 fully saturated rings. The van der Waals surface area contributed by atoms with Crippen LogP contribution in [0.5, 0.6) is 5.75 Å². The highest BCUT2D eigenvalue weighted by atomic mass is 16.5. The minimum Gasteiger partial charge on any atom is -0.494 e. The van der Waals surface area contributed by atoms with Crippen LogP contribution in [0.2, 0.25) is 0 Å². The number of nitrogens with one attached hydrogen (secondary N) is 1. The Morgan fingerprint density at radius 2 is 2.00 bits per heavy atom. The second-order valence-corrected chi connectivity index (χ2v) is 5.25. The third-order valence-corrected chi connectivity index (χ3v) is 3.35. The molecule has 4 heteroatoms. The normalized spacial score (nSPS) is 10.8. The van der Waals surface area contributed by atoms with Crippen LogP contribution in [0.4, 0.5) is 0 Å². The lowest BCUT2D eigenvalue weighted by atomic mass is 10.2. The maximum absolute atomic E-state index is 5.66. The number of hydrogen-bond donors (Lipinski definition) is 1. The van der Waals surface area contributed by atoms with Gasteiger partial charge in [-0.25, -0.2) is 0 Å². The molecule has 0 unspecified atom stereocenters. The summed E-state index contributed by atoms with van der Waals surface area (Å²) in [5.74, 6) is 0.959. The van der Waals surface area contributed by atoms with Crippen LogP contribution in [-0.4, -0.2) is 22.9 Å². The van der Waals surface area contributed by atoms with Crippen molar-refractivity contribution < 1.29 is 4.74 Å². The minimum absolute atomic E-state index is 0.804. The molecule has 0 radical (unpaired) electrons. The van der Waals surface area contributed by atoms with Crippen molar-refractivity contribution in [1.82, 2.24) is 15.1 Å². The fraction of sp³-hybridized carbons (Fsp3) is 0.471. The van der Waals surface area contributed by atoms with Gasteiger partial charge < -0.3 is 10.1 Å². The third-order valence-electron chi connectivity index (χ3n) is 3.35. The Bertz CT molecular complexity index is 519. The van der Waals surface area contributed by atoms with E-state index in [2.05, 4.69) is 35.5 Å². The molecule has 114 valence electrons. The maximum atomic E-state index is 5.66. The molecular formula is C17H25N3O. The summed E-state index contributed by atoms with van der Waals surface area (Å²) in [5.41, 5.74) is 2.41. The Balaban J connectivity index is 1.66. The molecule has 0 aliphatic rings. The van der Waals surface area contributed by atoms with Gasteiger partial charge in [0, 0.05) is 32.8 Å². The number of hydrogen-bond acceptors (Lipinski definition) is 3. The molecule has 21 heavy (non-hydrogen) atoms. The lowest BCUT2D eigenvalue weighted by molar-refractivity contribution is 0.309. The van der Waals surface area contributed by atoms with Crippen LogP contribution < -0.4 is 10.1 Å². The van der Waals surface area contributed by atoms with E-state index < -0.39 is 0 Å². The number of aromatic nitrogens is 2. The van der Waals surface area contributed by atoms with E-state index in [0.717, 1.165) is 50.4 Å². The van der Waals surface area contributed by atoms with Crippen molar-refractivity contribution in [2.45, 2.75) is 32.7 Å². The van der Waals surface area contributed by atoms with Crippen LogP contribution in [-0.2, 0) is 20.0 Å². The molecule has 0 saturated heterocycles. The van der Waals surface area contributed by atoms with Gasteiger partial charge in [-0.05, 0) is 30.2 Å². The lowest BCUT2D eigenvalue weighted by Gasteiger charge is -2.07. The molecule has 2 rings (SSSR count).